The predicted octanol–water partition coefficient (Wildman–Crippen LogP) is 1.46. The van der Waals surface area contributed by atoms with Crippen LogP contribution in [0.25, 0.3) is 0 Å². The second kappa shape index (κ2) is 5.42. The molecule has 0 radical (unpaired) electrons. The highest BCUT2D eigenvalue weighted by atomic mass is 35.5. The minimum Gasteiger partial charge on any atom is -0.504 e. The molecule has 0 spiro atoms. The zero-order chi connectivity index (χ0) is 11.4. The van der Waals surface area contributed by atoms with Gasteiger partial charge in [-0.2, -0.15) is 0 Å². The lowest BCUT2D eigenvalue weighted by Gasteiger charge is -2.12. The Hall–Kier alpha value is -0.680. The number of halogens is 2. The van der Waals surface area contributed by atoms with E-state index in [9.17, 15) is 5.11 Å². The van der Waals surface area contributed by atoms with Gasteiger partial charge in [0.05, 0.1) is 23.4 Å². The van der Waals surface area contributed by atoms with E-state index in [0.717, 1.165) is 0 Å². The highest BCUT2D eigenvalue weighted by molar-refractivity contribution is 6.36. The van der Waals surface area contributed by atoms with Gasteiger partial charge < -0.3 is 20.6 Å². The van der Waals surface area contributed by atoms with Gasteiger partial charge in [-0.05, 0) is 12.1 Å². The fraction of sp³-hybridized carbons (Fsp3) is 0.333. The first-order chi connectivity index (χ1) is 7.04. The van der Waals surface area contributed by atoms with Crippen molar-refractivity contribution in [3.63, 3.8) is 0 Å². The van der Waals surface area contributed by atoms with Gasteiger partial charge in [0.25, 0.3) is 0 Å². The fourth-order valence-corrected chi connectivity index (χ4v) is 1.49. The Morgan fingerprint density at radius 3 is 2.60 bits per heavy atom. The Kier molecular flexibility index (Phi) is 4.47. The van der Waals surface area contributed by atoms with Gasteiger partial charge in [-0.3, -0.25) is 0 Å². The molecule has 0 fully saturated rings. The summed E-state index contributed by atoms with van der Waals surface area (Å²) in [5, 5.41) is 30.4. The molecule has 4 nitrogen and oxygen atoms in total. The Morgan fingerprint density at radius 1 is 1.33 bits per heavy atom. The van der Waals surface area contributed by atoms with Crippen molar-refractivity contribution in [3.05, 3.63) is 22.2 Å². The summed E-state index contributed by atoms with van der Waals surface area (Å²) in [7, 11) is 0. The number of hydrogen-bond donors (Lipinski definition) is 4. The monoisotopic (exact) mass is 251 g/mol. The first-order valence-electron chi connectivity index (χ1n) is 4.25. The van der Waals surface area contributed by atoms with Crippen molar-refractivity contribution >= 4 is 28.9 Å². The van der Waals surface area contributed by atoms with Gasteiger partial charge in [-0.15, -0.1) is 0 Å². The van der Waals surface area contributed by atoms with Crippen LogP contribution in [0.15, 0.2) is 12.1 Å². The fourth-order valence-electron chi connectivity index (χ4n) is 0.993. The van der Waals surface area contributed by atoms with Crippen LogP contribution in [0, 0.1) is 0 Å². The Labute approximate surface area is 97.1 Å². The number of rotatable bonds is 4. The number of aromatic hydroxyl groups is 1. The third-order valence-corrected chi connectivity index (χ3v) is 2.27. The highest BCUT2D eigenvalue weighted by Gasteiger charge is 2.09. The van der Waals surface area contributed by atoms with E-state index < -0.39 is 6.10 Å². The normalized spacial score (nSPS) is 12.5. The molecule has 0 aliphatic heterocycles. The minimum absolute atomic E-state index is 0.0979. The molecule has 0 amide bonds. The van der Waals surface area contributed by atoms with E-state index in [4.69, 9.17) is 33.4 Å². The van der Waals surface area contributed by atoms with E-state index in [0.29, 0.717) is 10.7 Å². The van der Waals surface area contributed by atoms with Crippen molar-refractivity contribution in [1.29, 1.82) is 0 Å². The third kappa shape index (κ3) is 3.43. The van der Waals surface area contributed by atoms with E-state index in [1.54, 1.807) is 0 Å². The lowest BCUT2D eigenvalue weighted by molar-refractivity contribution is 0.105. The van der Waals surface area contributed by atoms with Crippen molar-refractivity contribution in [3.8, 4) is 5.75 Å². The van der Waals surface area contributed by atoms with E-state index in [1.807, 2.05) is 0 Å². The number of phenols is 1. The zero-order valence-electron chi connectivity index (χ0n) is 7.74. The Bertz CT molecular complexity index is 346. The molecule has 1 unspecified atom stereocenters. The van der Waals surface area contributed by atoms with Gasteiger partial charge in [-0.1, -0.05) is 23.2 Å². The molecule has 0 heterocycles. The molecule has 0 aliphatic carbocycles. The van der Waals surface area contributed by atoms with Crippen LogP contribution in [0.2, 0.25) is 10.0 Å². The molecule has 1 rings (SSSR count). The molecule has 84 valence electrons. The van der Waals surface area contributed by atoms with Crippen molar-refractivity contribution in [2.75, 3.05) is 18.5 Å². The van der Waals surface area contributed by atoms with E-state index in [2.05, 4.69) is 5.32 Å². The number of hydrogen-bond acceptors (Lipinski definition) is 4. The number of anilines is 1. The van der Waals surface area contributed by atoms with Crippen molar-refractivity contribution in [2.45, 2.75) is 6.10 Å². The topological polar surface area (TPSA) is 72.7 Å². The van der Waals surface area contributed by atoms with Gasteiger partial charge in [0.1, 0.15) is 0 Å². The summed E-state index contributed by atoms with van der Waals surface area (Å²) >= 11 is 11.4. The van der Waals surface area contributed by atoms with Crippen molar-refractivity contribution in [1.82, 2.24) is 0 Å². The van der Waals surface area contributed by atoms with E-state index in [-0.39, 0.29) is 23.9 Å². The number of phenolic OH excluding ortho intramolecular Hbond substituents is 1. The lowest BCUT2D eigenvalue weighted by Crippen LogP contribution is -2.22. The molecule has 4 N–H and O–H groups in total. The summed E-state index contributed by atoms with van der Waals surface area (Å²) in [6.07, 6.45) is -0.901. The third-order valence-electron chi connectivity index (χ3n) is 1.77. The van der Waals surface area contributed by atoms with Crippen LogP contribution in [0.3, 0.4) is 0 Å². The zero-order valence-corrected chi connectivity index (χ0v) is 9.26. The molecule has 0 aliphatic rings. The average molecular weight is 252 g/mol. The molecular weight excluding hydrogens is 241 g/mol. The van der Waals surface area contributed by atoms with Crippen molar-refractivity contribution < 1.29 is 15.3 Å². The maximum absolute atomic E-state index is 9.51. The predicted molar refractivity (Wildman–Crippen MR) is 59.7 cm³/mol. The van der Waals surface area contributed by atoms with Crippen LogP contribution in [0.4, 0.5) is 5.69 Å². The molecule has 0 saturated heterocycles. The highest BCUT2D eigenvalue weighted by Crippen LogP contribution is 2.34. The first kappa shape index (κ1) is 12.4. The summed E-state index contributed by atoms with van der Waals surface area (Å²) in [5.74, 6) is -0.133. The standard InChI is InChI=1S/C9H11Cl2NO3/c10-5-1-7(11)9(15)8(2-5)12-3-6(14)4-13/h1-2,6,12-15H,3-4H2. The van der Waals surface area contributed by atoms with Crippen LogP contribution in [0.1, 0.15) is 0 Å². The van der Waals surface area contributed by atoms with Gasteiger partial charge in [0.15, 0.2) is 5.75 Å². The van der Waals surface area contributed by atoms with Crippen LogP contribution in [-0.4, -0.2) is 34.6 Å². The van der Waals surface area contributed by atoms with Gasteiger partial charge >= 0.3 is 0 Å². The largest absolute Gasteiger partial charge is 0.504 e. The molecule has 0 bridgehead atoms. The number of aliphatic hydroxyl groups is 2. The Morgan fingerprint density at radius 2 is 2.00 bits per heavy atom. The van der Waals surface area contributed by atoms with Crippen LogP contribution >= 0.6 is 23.2 Å². The molecule has 0 aromatic heterocycles. The van der Waals surface area contributed by atoms with Crippen LogP contribution in [-0.2, 0) is 0 Å². The lowest BCUT2D eigenvalue weighted by atomic mass is 10.2. The number of benzene rings is 1. The first-order valence-corrected chi connectivity index (χ1v) is 5.01. The number of nitrogens with one attached hydrogen (secondary N) is 1. The van der Waals surface area contributed by atoms with Gasteiger partial charge in [0, 0.05) is 11.6 Å². The summed E-state index contributed by atoms with van der Waals surface area (Å²) in [4.78, 5) is 0. The number of aliphatic hydroxyl groups excluding tert-OH is 2. The molecule has 0 saturated carbocycles. The molecule has 1 aromatic rings. The quantitative estimate of drug-likeness (QED) is 0.612. The van der Waals surface area contributed by atoms with E-state index in [1.165, 1.54) is 12.1 Å². The van der Waals surface area contributed by atoms with Gasteiger partial charge in [-0.25, -0.2) is 0 Å². The second-order valence-electron chi connectivity index (χ2n) is 3.00. The smallest absolute Gasteiger partial charge is 0.157 e. The minimum atomic E-state index is -0.901. The van der Waals surface area contributed by atoms with Crippen LogP contribution < -0.4 is 5.32 Å². The van der Waals surface area contributed by atoms with Crippen LogP contribution in [0.5, 0.6) is 5.75 Å². The Balaban J connectivity index is 2.76. The molecular formula is C9H11Cl2NO3. The molecule has 6 heteroatoms. The molecule has 1 aromatic carbocycles. The maximum Gasteiger partial charge on any atom is 0.157 e. The van der Waals surface area contributed by atoms with Crippen molar-refractivity contribution in [2.24, 2.45) is 0 Å². The summed E-state index contributed by atoms with van der Waals surface area (Å²) < 4.78 is 0. The summed E-state index contributed by atoms with van der Waals surface area (Å²) in [6.45, 7) is -0.261. The second-order valence-corrected chi connectivity index (χ2v) is 3.84. The summed E-state index contributed by atoms with van der Waals surface area (Å²) in [5.41, 5.74) is 0.319. The van der Waals surface area contributed by atoms with Gasteiger partial charge in [0.2, 0.25) is 0 Å². The average Bonchev–Trinajstić information content (AvgIpc) is 2.20. The molecule has 15 heavy (non-hydrogen) atoms. The maximum atomic E-state index is 9.51. The van der Waals surface area contributed by atoms with E-state index >= 15 is 0 Å². The summed E-state index contributed by atoms with van der Waals surface area (Å²) in [6, 6.07) is 2.89. The molecule has 1 atom stereocenters. The SMILES string of the molecule is OCC(O)CNc1cc(Cl)cc(Cl)c1O.